The van der Waals surface area contributed by atoms with Gasteiger partial charge in [-0.25, -0.2) is 9.97 Å². The van der Waals surface area contributed by atoms with Gasteiger partial charge in [0.1, 0.15) is 16.2 Å². The largest absolute Gasteiger partial charge is 0.354 e. The van der Waals surface area contributed by atoms with Crippen LogP contribution in [0.2, 0.25) is 0 Å². The van der Waals surface area contributed by atoms with Crippen molar-refractivity contribution in [2.75, 3.05) is 11.9 Å². The van der Waals surface area contributed by atoms with Crippen molar-refractivity contribution < 1.29 is 0 Å². The van der Waals surface area contributed by atoms with Crippen LogP contribution in [0.1, 0.15) is 17.6 Å². The number of hydrogen-bond donors (Lipinski definition) is 0. The number of halogens is 2. The first-order valence-corrected chi connectivity index (χ1v) is 8.02. The van der Waals surface area contributed by atoms with E-state index in [4.69, 9.17) is 0 Å². The maximum Gasteiger partial charge on any atom is 0.133 e. The van der Waals surface area contributed by atoms with Crippen LogP contribution in [0.15, 0.2) is 26.6 Å². The smallest absolute Gasteiger partial charge is 0.133 e. The van der Waals surface area contributed by atoms with Gasteiger partial charge in [0.15, 0.2) is 0 Å². The Balaban J connectivity index is 2.17. The van der Waals surface area contributed by atoms with E-state index in [1.807, 2.05) is 13.1 Å². The van der Waals surface area contributed by atoms with E-state index in [1.54, 1.807) is 11.3 Å². The van der Waals surface area contributed by atoms with E-state index in [0.717, 1.165) is 33.7 Å². The fraction of sp³-hybridized carbons (Fsp3) is 0.333. The second-order valence-corrected chi connectivity index (χ2v) is 6.63. The van der Waals surface area contributed by atoms with Gasteiger partial charge in [0.25, 0.3) is 0 Å². The van der Waals surface area contributed by atoms with E-state index < -0.39 is 0 Å². The number of rotatable bonds is 4. The molecule has 0 saturated carbocycles. The number of hydrogen-bond acceptors (Lipinski definition) is 4. The van der Waals surface area contributed by atoms with Gasteiger partial charge in [-0.3, -0.25) is 0 Å². The molecule has 0 aliphatic carbocycles. The van der Waals surface area contributed by atoms with Crippen molar-refractivity contribution in [3.05, 3.63) is 37.3 Å². The molecule has 0 fully saturated rings. The van der Waals surface area contributed by atoms with Crippen LogP contribution < -0.4 is 4.90 Å². The lowest BCUT2D eigenvalue weighted by atomic mass is 10.4. The van der Waals surface area contributed by atoms with Crippen LogP contribution in [-0.2, 0) is 13.0 Å². The molecule has 96 valence electrons. The third-order valence-electron chi connectivity index (χ3n) is 2.45. The second kappa shape index (κ2) is 6.12. The summed E-state index contributed by atoms with van der Waals surface area (Å²) in [5.41, 5.74) is 0. The molecule has 0 aliphatic heterocycles. The standard InChI is InChI=1S/C12H13Br2N3S/c1-3-11-15-10(14)5-12(16-11)17(2)6-9-4-8(13)7-18-9/h4-5,7H,3,6H2,1-2H3. The van der Waals surface area contributed by atoms with Crippen LogP contribution in [0.5, 0.6) is 0 Å². The Morgan fingerprint density at radius 2 is 2.06 bits per heavy atom. The normalized spacial score (nSPS) is 10.7. The number of aromatic nitrogens is 2. The van der Waals surface area contributed by atoms with E-state index in [9.17, 15) is 0 Å². The third-order valence-corrected chi connectivity index (χ3v) is 4.54. The van der Waals surface area contributed by atoms with Crippen LogP contribution in [0.25, 0.3) is 0 Å². The Kier molecular flexibility index (Phi) is 4.75. The quantitative estimate of drug-likeness (QED) is 0.730. The summed E-state index contributed by atoms with van der Waals surface area (Å²) in [6.07, 6.45) is 0.838. The maximum absolute atomic E-state index is 4.53. The summed E-state index contributed by atoms with van der Waals surface area (Å²) in [5.74, 6) is 1.80. The molecule has 0 amide bonds. The fourth-order valence-corrected chi connectivity index (χ4v) is 3.47. The van der Waals surface area contributed by atoms with Crippen LogP contribution in [0.4, 0.5) is 5.82 Å². The molecular weight excluding hydrogens is 378 g/mol. The monoisotopic (exact) mass is 389 g/mol. The van der Waals surface area contributed by atoms with Crippen molar-refractivity contribution in [2.45, 2.75) is 19.9 Å². The zero-order chi connectivity index (χ0) is 13.1. The Hall–Kier alpha value is -0.460. The summed E-state index contributed by atoms with van der Waals surface area (Å²) >= 11 is 8.64. The van der Waals surface area contributed by atoms with Gasteiger partial charge in [-0.05, 0) is 37.9 Å². The summed E-state index contributed by atoms with van der Waals surface area (Å²) < 4.78 is 1.97. The average molecular weight is 391 g/mol. The zero-order valence-electron chi connectivity index (χ0n) is 10.2. The van der Waals surface area contributed by atoms with E-state index in [2.05, 4.69) is 65.1 Å². The molecular formula is C12H13Br2N3S. The molecule has 6 heteroatoms. The molecule has 2 heterocycles. The minimum atomic E-state index is 0.837. The number of nitrogens with zero attached hydrogens (tertiary/aromatic N) is 3. The summed E-state index contributed by atoms with van der Waals surface area (Å²) in [6, 6.07) is 4.08. The SMILES string of the molecule is CCc1nc(Br)cc(N(C)Cc2cc(Br)cs2)n1. The molecule has 0 atom stereocenters. The van der Waals surface area contributed by atoms with E-state index in [0.29, 0.717) is 0 Å². The molecule has 2 rings (SSSR count). The molecule has 0 N–H and O–H groups in total. The molecule has 2 aromatic rings. The maximum atomic E-state index is 4.53. The van der Waals surface area contributed by atoms with Crippen LogP contribution in [-0.4, -0.2) is 17.0 Å². The number of anilines is 1. The topological polar surface area (TPSA) is 29.0 Å². The fourth-order valence-electron chi connectivity index (χ4n) is 1.56. The van der Waals surface area contributed by atoms with E-state index in [1.165, 1.54) is 4.88 Å². The highest BCUT2D eigenvalue weighted by Gasteiger charge is 2.08. The van der Waals surface area contributed by atoms with Gasteiger partial charge in [-0.2, -0.15) is 0 Å². The van der Waals surface area contributed by atoms with Gasteiger partial charge in [-0.15, -0.1) is 11.3 Å². The molecule has 0 spiro atoms. The van der Waals surface area contributed by atoms with Crippen LogP contribution in [0, 0.1) is 0 Å². The first-order chi connectivity index (χ1) is 8.58. The number of thiophene rings is 1. The van der Waals surface area contributed by atoms with E-state index in [-0.39, 0.29) is 0 Å². The molecule has 0 radical (unpaired) electrons. The van der Waals surface area contributed by atoms with Gasteiger partial charge in [0, 0.05) is 34.3 Å². The first kappa shape index (κ1) is 14.0. The van der Waals surface area contributed by atoms with Crippen molar-refractivity contribution in [3.8, 4) is 0 Å². The van der Waals surface area contributed by atoms with Crippen molar-refractivity contribution in [1.82, 2.24) is 9.97 Å². The van der Waals surface area contributed by atoms with Crippen molar-refractivity contribution in [3.63, 3.8) is 0 Å². The highest BCUT2D eigenvalue weighted by Crippen LogP contribution is 2.23. The zero-order valence-corrected chi connectivity index (χ0v) is 14.1. The van der Waals surface area contributed by atoms with Crippen LogP contribution >= 0.6 is 43.2 Å². The molecule has 0 unspecified atom stereocenters. The lowest BCUT2D eigenvalue weighted by Crippen LogP contribution is -2.18. The Morgan fingerprint density at radius 3 is 2.67 bits per heavy atom. The molecule has 2 aromatic heterocycles. The second-order valence-electron chi connectivity index (χ2n) is 3.91. The Labute approximate surface area is 128 Å². The van der Waals surface area contributed by atoms with Gasteiger partial charge in [0.05, 0.1) is 6.54 Å². The average Bonchev–Trinajstić information content (AvgIpc) is 2.73. The van der Waals surface area contributed by atoms with Crippen molar-refractivity contribution in [2.24, 2.45) is 0 Å². The molecule has 18 heavy (non-hydrogen) atoms. The highest BCUT2D eigenvalue weighted by molar-refractivity contribution is 9.10. The lowest BCUT2D eigenvalue weighted by molar-refractivity contribution is 0.860. The van der Waals surface area contributed by atoms with Gasteiger partial charge < -0.3 is 4.90 Å². The predicted molar refractivity (Wildman–Crippen MR) is 83.2 cm³/mol. The summed E-state index contributed by atoms with van der Waals surface area (Å²) in [6.45, 7) is 2.91. The molecule has 0 aliphatic rings. The third kappa shape index (κ3) is 3.52. The summed E-state index contributed by atoms with van der Waals surface area (Å²) in [5, 5.41) is 2.09. The summed E-state index contributed by atoms with van der Waals surface area (Å²) in [4.78, 5) is 12.3. The summed E-state index contributed by atoms with van der Waals surface area (Å²) in [7, 11) is 2.04. The van der Waals surface area contributed by atoms with Gasteiger partial charge in [-0.1, -0.05) is 6.92 Å². The predicted octanol–water partition coefficient (Wildman–Crippen LogP) is 4.26. The van der Waals surface area contributed by atoms with Gasteiger partial charge >= 0.3 is 0 Å². The van der Waals surface area contributed by atoms with Crippen molar-refractivity contribution >= 4 is 49.0 Å². The molecule has 0 saturated heterocycles. The molecule has 0 bridgehead atoms. The first-order valence-electron chi connectivity index (χ1n) is 5.56. The minimum Gasteiger partial charge on any atom is -0.354 e. The van der Waals surface area contributed by atoms with Crippen molar-refractivity contribution in [1.29, 1.82) is 0 Å². The molecule has 0 aromatic carbocycles. The highest BCUT2D eigenvalue weighted by atomic mass is 79.9. The van der Waals surface area contributed by atoms with E-state index >= 15 is 0 Å². The minimum absolute atomic E-state index is 0.837. The molecule has 3 nitrogen and oxygen atoms in total. The number of aryl methyl sites for hydroxylation is 1. The van der Waals surface area contributed by atoms with Crippen LogP contribution in [0.3, 0.4) is 0 Å². The Bertz CT molecular complexity index is 542. The lowest BCUT2D eigenvalue weighted by Gasteiger charge is -2.17. The Morgan fingerprint density at radius 1 is 1.28 bits per heavy atom. The van der Waals surface area contributed by atoms with Gasteiger partial charge in [0.2, 0.25) is 0 Å².